The Hall–Kier alpha value is -1.75. The number of rotatable bonds is 1. The van der Waals surface area contributed by atoms with E-state index in [9.17, 15) is 0 Å². The standard InChI is InChI=1S/C9H8N2/c1-4-6-8-7(3)10-11-9(8)5-2/h2,4,6,10H,1,3H2/b8-6+. The first kappa shape index (κ1) is 7.36. The van der Waals surface area contributed by atoms with Gasteiger partial charge in [0.1, 0.15) is 5.69 Å². The molecule has 0 saturated heterocycles. The van der Waals surface area contributed by atoms with Crippen LogP contribution in [0.25, 0.3) is 12.7 Å². The largest absolute Gasteiger partial charge is 0.277 e. The zero-order valence-electron chi connectivity index (χ0n) is 6.09. The van der Waals surface area contributed by atoms with Gasteiger partial charge in [-0.2, -0.15) is 5.10 Å². The van der Waals surface area contributed by atoms with Gasteiger partial charge in [0.15, 0.2) is 0 Å². The molecule has 0 aromatic carbocycles. The SMILES string of the molecule is C#Cc1n[nH]c(=C)/c1=C\C=C. The highest BCUT2D eigenvalue weighted by molar-refractivity contribution is 5.41. The summed E-state index contributed by atoms with van der Waals surface area (Å²) in [5.41, 5.74) is 0.579. The molecule has 1 heterocycles. The third-order valence-corrected chi connectivity index (χ3v) is 1.30. The van der Waals surface area contributed by atoms with E-state index in [2.05, 4.69) is 29.3 Å². The first-order valence-corrected chi connectivity index (χ1v) is 3.12. The van der Waals surface area contributed by atoms with Crippen molar-refractivity contribution >= 4 is 12.7 Å². The van der Waals surface area contributed by atoms with Gasteiger partial charge in [-0.25, -0.2) is 0 Å². The minimum Gasteiger partial charge on any atom is -0.277 e. The maximum absolute atomic E-state index is 5.18. The Balaban J connectivity index is 3.57. The lowest BCUT2D eigenvalue weighted by Crippen LogP contribution is -2.21. The average Bonchev–Trinajstić information content (AvgIpc) is 2.34. The van der Waals surface area contributed by atoms with Crippen molar-refractivity contribution in [3.05, 3.63) is 28.9 Å². The lowest BCUT2D eigenvalue weighted by atomic mass is 10.3. The van der Waals surface area contributed by atoms with E-state index in [-0.39, 0.29) is 0 Å². The topological polar surface area (TPSA) is 28.7 Å². The highest BCUT2D eigenvalue weighted by Gasteiger charge is 1.92. The highest BCUT2D eigenvalue weighted by atomic mass is 15.1. The van der Waals surface area contributed by atoms with E-state index in [1.807, 2.05) is 0 Å². The maximum Gasteiger partial charge on any atom is 0.142 e. The van der Waals surface area contributed by atoms with Gasteiger partial charge in [-0.15, -0.1) is 6.42 Å². The second-order valence-electron chi connectivity index (χ2n) is 2.01. The van der Waals surface area contributed by atoms with Crippen molar-refractivity contribution in [1.82, 2.24) is 10.2 Å². The lowest BCUT2D eigenvalue weighted by molar-refractivity contribution is 1.05. The summed E-state index contributed by atoms with van der Waals surface area (Å²) in [7, 11) is 0. The number of hydrogen-bond donors (Lipinski definition) is 1. The van der Waals surface area contributed by atoms with Crippen molar-refractivity contribution in [2.75, 3.05) is 0 Å². The van der Waals surface area contributed by atoms with Gasteiger partial charge < -0.3 is 0 Å². The van der Waals surface area contributed by atoms with Crippen molar-refractivity contribution in [2.24, 2.45) is 0 Å². The first-order chi connectivity index (χ1) is 5.29. The Labute approximate surface area is 64.9 Å². The lowest BCUT2D eigenvalue weighted by Gasteiger charge is -1.75. The van der Waals surface area contributed by atoms with Gasteiger partial charge >= 0.3 is 0 Å². The average molecular weight is 144 g/mol. The number of H-pyrrole nitrogens is 1. The molecule has 0 spiro atoms. The fourth-order valence-corrected chi connectivity index (χ4v) is 0.794. The number of hydrogen-bond acceptors (Lipinski definition) is 1. The van der Waals surface area contributed by atoms with Crippen LogP contribution in [0.4, 0.5) is 0 Å². The quantitative estimate of drug-likeness (QED) is 0.542. The summed E-state index contributed by atoms with van der Waals surface area (Å²) >= 11 is 0. The Kier molecular flexibility index (Phi) is 1.93. The summed E-state index contributed by atoms with van der Waals surface area (Å²) in [5, 5.41) is 8.10. The van der Waals surface area contributed by atoms with E-state index >= 15 is 0 Å². The minimum absolute atomic E-state index is 0.579. The maximum atomic E-state index is 5.18. The molecule has 2 heteroatoms. The summed E-state index contributed by atoms with van der Waals surface area (Å²) in [5.74, 6) is 2.44. The third kappa shape index (κ3) is 1.22. The molecule has 0 fully saturated rings. The van der Waals surface area contributed by atoms with Gasteiger partial charge in [0.25, 0.3) is 0 Å². The van der Waals surface area contributed by atoms with E-state index in [0.717, 1.165) is 10.6 Å². The Morgan fingerprint density at radius 2 is 2.36 bits per heavy atom. The zero-order valence-corrected chi connectivity index (χ0v) is 6.09. The summed E-state index contributed by atoms with van der Waals surface area (Å²) in [6.07, 6.45) is 8.61. The van der Waals surface area contributed by atoms with Crippen LogP contribution in [-0.4, -0.2) is 10.2 Å². The summed E-state index contributed by atoms with van der Waals surface area (Å²) in [4.78, 5) is 0. The molecule has 1 aromatic rings. The number of nitrogens with zero attached hydrogens (tertiary/aromatic N) is 1. The number of terminal acetylenes is 1. The zero-order chi connectivity index (χ0) is 8.27. The van der Waals surface area contributed by atoms with Crippen LogP contribution in [0.3, 0.4) is 0 Å². The van der Waals surface area contributed by atoms with Crippen molar-refractivity contribution in [1.29, 1.82) is 0 Å². The molecule has 2 nitrogen and oxygen atoms in total. The van der Waals surface area contributed by atoms with E-state index < -0.39 is 0 Å². The normalized spacial score (nSPS) is 11.0. The fraction of sp³-hybridized carbons (Fsp3) is 0. The molecule has 0 bridgehead atoms. The molecule has 1 rings (SSSR count). The van der Waals surface area contributed by atoms with E-state index in [0.29, 0.717) is 5.69 Å². The number of nitrogens with one attached hydrogen (secondary N) is 1. The van der Waals surface area contributed by atoms with Crippen molar-refractivity contribution in [3.63, 3.8) is 0 Å². The van der Waals surface area contributed by atoms with Gasteiger partial charge in [0.2, 0.25) is 0 Å². The van der Waals surface area contributed by atoms with Crippen LogP contribution >= 0.6 is 0 Å². The number of aromatic nitrogens is 2. The van der Waals surface area contributed by atoms with Crippen LogP contribution < -0.4 is 10.6 Å². The predicted molar refractivity (Wildman–Crippen MR) is 46.0 cm³/mol. The Bertz CT molecular complexity index is 404. The molecular weight excluding hydrogens is 136 g/mol. The third-order valence-electron chi connectivity index (χ3n) is 1.30. The van der Waals surface area contributed by atoms with Crippen LogP contribution in [0.5, 0.6) is 0 Å². The van der Waals surface area contributed by atoms with Crippen molar-refractivity contribution < 1.29 is 0 Å². The molecule has 0 saturated carbocycles. The van der Waals surface area contributed by atoms with E-state index in [4.69, 9.17) is 6.42 Å². The van der Waals surface area contributed by atoms with E-state index in [1.165, 1.54) is 0 Å². The molecule has 0 aliphatic rings. The highest BCUT2D eigenvalue weighted by Crippen LogP contribution is 1.74. The van der Waals surface area contributed by atoms with Crippen molar-refractivity contribution in [2.45, 2.75) is 0 Å². The van der Waals surface area contributed by atoms with Crippen LogP contribution in [-0.2, 0) is 0 Å². The summed E-state index contributed by atoms with van der Waals surface area (Å²) in [6.45, 7) is 7.27. The first-order valence-electron chi connectivity index (χ1n) is 3.12. The predicted octanol–water partition coefficient (Wildman–Crippen LogP) is -0.232. The van der Waals surface area contributed by atoms with Gasteiger partial charge in [-0.1, -0.05) is 25.3 Å². The van der Waals surface area contributed by atoms with Gasteiger partial charge in [-0.05, 0) is 5.92 Å². The van der Waals surface area contributed by atoms with Gasteiger partial charge in [0, 0.05) is 5.22 Å². The molecule has 0 radical (unpaired) electrons. The smallest absolute Gasteiger partial charge is 0.142 e. The molecule has 0 amide bonds. The van der Waals surface area contributed by atoms with Crippen LogP contribution in [0.1, 0.15) is 5.69 Å². The number of allylic oxidation sites excluding steroid dienone is 1. The molecular formula is C9H8N2. The molecule has 1 aromatic heterocycles. The molecule has 0 aliphatic carbocycles. The molecule has 0 unspecified atom stereocenters. The Morgan fingerprint density at radius 1 is 1.64 bits per heavy atom. The molecule has 0 atom stereocenters. The summed E-state index contributed by atoms with van der Waals surface area (Å²) in [6, 6.07) is 0. The monoisotopic (exact) mass is 144 g/mol. The van der Waals surface area contributed by atoms with Crippen molar-refractivity contribution in [3.8, 4) is 12.3 Å². The minimum atomic E-state index is 0.579. The van der Waals surface area contributed by atoms with Gasteiger partial charge in [-0.3, -0.25) is 5.10 Å². The molecule has 11 heavy (non-hydrogen) atoms. The Morgan fingerprint density at radius 3 is 2.91 bits per heavy atom. The van der Waals surface area contributed by atoms with Gasteiger partial charge in [0.05, 0.1) is 5.35 Å². The fourth-order valence-electron chi connectivity index (χ4n) is 0.794. The molecule has 0 aliphatic heterocycles. The van der Waals surface area contributed by atoms with Crippen LogP contribution in [0.2, 0.25) is 0 Å². The van der Waals surface area contributed by atoms with Crippen LogP contribution in [0.15, 0.2) is 12.7 Å². The second-order valence-corrected chi connectivity index (χ2v) is 2.01. The molecule has 1 N–H and O–H groups in total. The number of aromatic amines is 1. The van der Waals surface area contributed by atoms with Crippen LogP contribution in [0, 0.1) is 12.3 Å². The summed E-state index contributed by atoms with van der Waals surface area (Å²) < 4.78 is 0. The van der Waals surface area contributed by atoms with E-state index in [1.54, 1.807) is 12.2 Å². The molecule has 54 valence electrons. The second kappa shape index (κ2) is 2.89.